The number of aryl methyl sites for hydroxylation is 4. The summed E-state index contributed by atoms with van der Waals surface area (Å²) in [7, 11) is -3.68. The molecule has 0 unspecified atom stereocenters. The van der Waals surface area contributed by atoms with Gasteiger partial charge in [0.25, 0.3) is 0 Å². The van der Waals surface area contributed by atoms with E-state index in [1.54, 1.807) is 18.7 Å². The Morgan fingerprint density at radius 1 is 1.03 bits per heavy atom. The van der Waals surface area contributed by atoms with E-state index in [-0.39, 0.29) is 17.3 Å². The molecule has 0 spiro atoms. The maximum Gasteiger partial charge on any atom is 0.248 e. The van der Waals surface area contributed by atoms with Crippen LogP contribution in [0.5, 0.6) is 0 Å². The summed E-state index contributed by atoms with van der Waals surface area (Å²) in [6.45, 7) is 4.87. The van der Waals surface area contributed by atoms with Gasteiger partial charge >= 0.3 is 0 Å². The van der Waals surface area contributed by atoms with Crippen LogP contribution >= 0.6 is 0 Å². The van der Waals surface area contributed by atoms with Crippen molar-refractivity contribution in [2.45, 2.75) is 57.3 Å². The zero-order chi connectivity index (χ0) is 21.3. The highest BCUT2D eigenvalue weighted by molar-refractivity contribution is 7.89. The highest BCUT2D eigenvalue weighted by Crippen LogP contribution is 2.25. The summed E-state index contributed by atoms with van der Waals surface area (Å²) in [4.78, 5) is 14.9. The van der Waals surface area contributed by atoms with Crippen molar-refractivity contribution in [2.24, 2.45) is 0 Å². The van der Waals surface area contributed by atoms with E-state index in [0.29, 0.717) is 43.9 Å². The summed E-state index contributed by atoms with van der Waals surface area (Å²) in [5.41, 5.74) is 4.20. The van der Waals surface area contributed by atoms with Crippen LogP contribution in [0.1, 0.15) is 47.4 Å². The second kappa shape index (κ2) is 8.51. The molecule has 4 rings (SSSR count). The Kier molecular flexibility index (Phi) is 5.97. The van der Waals surface area contributed by atoms with Crippen LogP contribution in [0.2, 0.25) is 0 Å². The van der Waals surface area contributed by atoms with Gasteiger partial charge in [0.1, 0.15) is 10.6 Å². The molecule has 1 aromatic heterocycles. The van der Waals surface area contributed by atoms with E-state index in [4.69, 9.17) is 4.52 Å². The number of amides is 1. The zero-order valence-corrected chi connectivity index (χ0v) is 18.5. The summed E-state index contributed by atoms with van der Waals surface area (Å²) in [5.74, 6) is 0.361. The Hall–Kier alpha value is -2.19. The SMILES string of the molecule is Cc1noc(C)c1S(=O)(=O)N1CCCN(C(=O)Cc2ccc3c(c2)CCCC3)CC1. The molecule has 2 aromatic rings. The van der Waals surface area contributed by atoms with Gasteiger partial charge in [-0.2, -0.15) is 4.31 Å². The lowest BCUT2D eigenvalue weighted by atomic mass is 9.90. The summed E-state index contributed by atoms with van der Waals surface area (Å²) in [5, 5.41) is 3.78. The van der Waals surface area contributed by atoms with E-state index in [1.165, 1.54) is 28.3 Å². The van der Waals surface area contributed by atoms with E-state index in [9.17, 15) is 13.2 Å². The first-order valence-corrected chi connectivity index (χ1v) is 12.1. The third-order valence-electron chi connectivity index (χ3n) is 6.14. The molecule has 0 N–H and O–H groups in total. The summed E-state index contributed by atoms with van der Waals surface area (Å²) in [6.07, 6.45) is 5.65. The van der Waals surface area contributed by atoms with Crippen molar-refractivity contribution < 1.29 is 17.7 Å². The van der Waals surface area contributed by atoms with Crippen LogP contribution in [0, 0.1) is 13.8 Å². The Balaban J connectivity index is 1.42. The fourth-order valence-electron chi connectivity index (χ4n) is 4.54. The molecule has 0 bridgehead atoms. The largest absolute Gasteiger partial charge is 0.360 e. The average molecular weight is 432 g/mol. The lowest BCUT2D eigenvalue weighted by Crippen LogP contribution is -2.38. The van der Waals surface area contributed by atoms with Crippen molar-refractivity contribution in [3.05, 3.63) is 46.3 Å². The van der Waals surface area contributed by atoms with Crippen molar-refractivity contribution in [3.63, 3.8) is 0 Å². The van der Waals surface area contributed by atoms with Gasteiger partial charge in [-0.15, -0.1) is 0 Å². The molecular formula is C22H29N3O4S. The second-order valence-corrected chi connectivity index (χ2v) is 10.2. The molecule has 1 aromatic carbocycles. The van der Waals surface area contributed by atoms with Gasteiger partial charge in [-0.25, -0.2) is 8.42 Å². The normalized spacial score (nSPS) is 18.1. The molecule has 1 amide bonds. The monoisotopic (exact) mass is 431 g/mol. The number of nitrogens with zero attached hydrogens (tertiary/aromatic N) is 3. The van der Waals surface area contributed by atoms with Crippen LogP contribution in [0.15, 0.2) is 27.6 Å². The molecule has 0 atom stereocenters. The van der Waals surface area contributed by atoms with Crippen molar-refractivity contribution in [3.8, 4) is 0 Å². The van der Waals surface area contributed by atoms with Crippen LogP contribution in [-0.4, -0.2) is 54.9 Å². The molecule has 162 valence electrons. The summed E-state index contributed by atoms with van der Waals surface area (Å²) in [6, 6.07) is 6.41. The van der Waals surface area contributed by atoms with E-state index < -0.39 is 10.0 Å². The molecule has 2 heterocycles. The van der Waals surface area contributed by atoms with Gasteiger partial charge in [-0.1, -0.05) is 23.4 Å². The minimum atomic E-state index is -3.68. The Morgan fingerprint density at radius 2 is 1.80 bits per heavy atom. The first kappa shape index (κ1) is 21.1. The number of benzene rings is 1. The van der Waals surface area contributed by atoms with Gasteiger partial charge < -0.3 is 9.42 Å². The van der Waals surface area contributed by atoms with Crippen molar-refractivity contribution >= 4 is 15.9 Å². The molecule has 7 nitrogen and oxygen atoms in total. The third-order valence-corrected chi connectivity index (χ3v) is 8.29. The number of aromatic nitrogens is 1. The summed E-state index contributed by atoms with van der Waals surface area (Å²) < 4.78 is 32.6. The van der Waals surface area contributed by atoms with Gasteiger partial charge in [0, 0.05) is 26.2 Å². The minimum absolute atomic E-state index is 0.0577. The lowest BCUT2D eigenvalue weighted by Gasteiger charge is -2.22. The van der Waals surface area contributed by atoms with Crippen molar-refractivity contribution in [2.75, 3.05) is 26.2 Å². The van der Waals surface area contributed by atoms with Gasteiger partial charge in [0.05, 0.1) is 6.42 Å². The number of hydrogen-bond donors (Lipinski definition) is 0. The van der Waals surface area contributed by atoms with Gasteiger partial charge in [-0.3, -0.25) is 4.79 Å². The number of carbonyl (C=O) groups is 1. The van der Waals surface area contributed by atoms with Gasteiger partial charge in [0.2, 0.25) is 15.9 Å². The fourth-order valence-corrected chi connectivity index (χ4v) is 6.30. The van der Waals surface area contributed by atoms with Crippen LogP contribution in [0.4, 0.5) is 0 Å². The fraction of sp³-hybridized carbons (Fsp3) is 0.545. The molecule has 0 radical (unpaired) electrons. The maximum atomic E-state index is 13.1. The zero-order valence-electron chi connectivity index (χ0n) is 17.7. The topological polar surface area (TPSA) is 83.7 Å². The third kappa shape index (κ3) is 4.16. The Bertz CT molecular complexity index is 1030. The first-order chi connectivity index (χ1) is 14.4. The van der Waals surface area contributed by atoms with Crippen LogP contribution in [0.3, 0.4) is 0 Å². The molecule has 1 aliphatic carbocycles. The van der Waals surface area contributed by atoms with Gasteiger partial charge in [0.15, 0.2) is 5.76 Å². The summed E-state index contributed by atoms with van der Waals surface area (Å²) >= 11 is 0. The van der Waals surface area contributed by atoms with Crippen LogP contribution in [0.25, 0.3) is 0 Å². The molecule has 30 heavy (non-hydrogen) atoms. The van der Waals surface area contributed by atoms with Crippen molar-refractivity contribution in [1.29, 1.82) is 0 Å². The molecule has 2 aliphatic rings. The molecular weight excluding hydrogens is 402 g/mol. The first-order valence-electron chi connectivity index (χ1n) is 10.7. The molecule has 1 saturated heterocycles. The average Bonchev–Trinajstić information content (AvgIpc) is 2.93. The molecule has 0 saturated carbocycles. The van der Waals surface area contributed by atoms with E-state index in [2.05, 4.69) is 23.4 Å². The van der Waals surface area contributed by atoms with Crippen LogP contribution < -0.4 is 0 Å². The number of fused-ring (bicyclic) bond motifs is 1. The minimum Gasteiger partial charge on any atom is -0.360 e. The van der Waals surface area contributed by atoms with E-state index in [0.717, 1.165) is 18.4 Å². The standard InChI is InChI=1S/C22H29N3O4S/c1-16-22(17(2)29-23-16)30(27,28)25-11-5-10-24(12-13-25)21(26)15-18-8-9-19-6-3-4-7-20(19)14-18/h8-9,14H,3-7,10-13,15H2,1-2H3. The number of sulfonamides is 1. The van der Waals surface area contributed by atoms with E-state index >= 15 is 0 Å². The molecule has 8 heteroatoms. The van der Waals surface area contributed by atoms with Gasteiger partial charge in [-0.05, 0) is 62.6 Å². The second-order valence-electron chi connectivity index (χ2n) is 8.28. The molecule has 1 fully saturated rings. The predicted octanol–water partition coefficient (Wildman–Crippen LogP) is 2.64. The quantitative estimate of drug-likeness (QED) is 0.743. The van der Waals surface area contributed by atoms with E-state index in [1.807, 2.05) is 0 Å². The molecule has 1 aliphatic heterocycles. The maximum absolute atomic E-state index is 13.1. The highest BCUT2D eigenvalue weighted by atomic mass is 32.2. The Morgan fingerprint density at radius 3 is 2.53 bits per heavy atom. The number of hydrogen-bond acceptors (Lipinski definition) is 5. The van der Waals surface area contributed by atoms with Crippen LogP contribution in [-0.2, 0) is 34.1 Å². The predicted molar refractivity (Wildman–Crippen MR) is 113 cm³/mol. The highest BCUT2D eigenvalue weighted by Gasteiger charge is 2.32. The number of carbonyl (C=O) groups excluding carboxylic acids is 1. The number of rotatable bonds is 4. The van der Waals surface area contributed by atoms with Crippen molar-refractivity contribution in [1.82, 2.24) is 14.4 Å². The smallest absolute Gasteiger partial charge is 0.248 e. The Labute approximate surface area is 178 Å². The lowest BCUT2D eigenvalue weighted by molar-refractivity contribution is -0.130.